The number of para-hydroxylation sites is 1. The Bertz CT molecular complexity index is 3700. The predicted octanol–water partition coefficient (Wildman–Crippen LogP) is 12.6. The number of aromatic nitrogens is 4. The SMILES string of the molecule is C=C(C(=O)OCCCOc1ccc(CCC(=O)Oc2ccc3cc(C(=O)Oc4ccc(C(=O)Oc5ccc(C)cc5)c(F)c4)ccc3c2)c(N(c2ccccc2)c2cnc(Nc3ccc4nccnc4c3)cn2)c1)C(F)(F)F. The van der Waals surface area contributed by atoms with Crippen molar-refractivity contribution < 1.29 is 60.4 Å². The van der Waals surface area contributed by atoms with Gasteiger partial charge in [0.25, 0.3) is 0 Å². The first kappa shape index (κ1) is 52.8. The van der Waals surface area contributed by atoms with E-state index in [1.807, 2.05) is 60.4 Å². The zero-order chi connectivity index (χ0) is 54.8. The number of carbonyl (C=O) groups excluding carboxylic acids is 4. The van der Waals surface area contributed by atoms with Crippen molar-refractivity contribution in [1.29, 1.82) is 0 Å². The maximum absolute atomic E-state index is 15.0. The van der Waals surface area contributed by atoms with E-state index >= 15 is 4.39 Å². The van der Waals surface area contributed by atoms with E-state index in [1.54, 1.807) is 97.6 Å². The molecular weight excluding hydrogens is 1010 g/mol. The van der Waals surface area contributed by atoms with Gasteiger partial charge in [-0.1, -0.05) is 60.7 Å². The van der Waals surface area contributed by atoms with Gasteiger partial charge in [-0.3, -0.25) is 19.7 Å². The molecule has 19 heteroatoms. The molecule has 78 heavy (non-hydrogen) atoms. The normalized spacial score (nSPS) is 11.1. The Morgan fingerprint density at radius 3 is 2.12 bits per heavy atom. The Kier molecular flexibility index (Phi) is 16.0. The van der Waals surface area contributed by atoms with Crippen LogP contribution in [0.25, 0.3) is 21.8 Å². The van der Waals surface area contributed by atoms with Crippen LogP contribution in [0, 0.1) is 12.7 Å². The van der Waals surface area contributed by atoms with Crippen molar-refractivity contribution in [3.05, 3.63) is 211 Å². The third-order valence-corrected chi connectivity index (χ3v) is 11.8. The summed E-state index contributed by atoms with van der Waals surface area (Å²) in [6.45, 7) is 4.25. The fourth-order valence-corrected chi connectivity index (χ4v) is 7.82. The molecule has 0 saturated heterocycles. The first-order valence-electron chi connectivity index (χ1n) is 24.0. The number of fused-ring (bicyclic) bond motifs is 2. The first-order chi connectivity index (χ1) is 37.6. The molecule has 9 aromatic rings. The molecule has 0 radical (unpaired) electrons. The number of hydrogen-bond acceptors (Lipinski definition) is 15. The monoisotopic (exact) mass is 1060 g/mol. The number of hydrogen-bond donors (Lipinski definition) is 1. The third kappa shape index (κ3) is 13.2. The van der Waals surface area contributed by atoms with Gasteiger partial charge in [0.15, 0.2) is 5.82 Å². The van der Waals surface area contributed by atoms with Crippen LogP contribution in [0.3, 0.4) is 0 Å². The van der Waals surface area contributed by atoms with Crippen LogP contribution < -0.4 is 29.2 Å². The molecule has 0 saturated carbocycles. The molecule has 7 aromatic carbocycles. The van der Waals surface area contributed by atoms with Gasteiger partial charge in [-0.25, -0.2) is 28.7 Å². The Hall–Kier alpha value is -10.0. The molecule has 9 rings (SSSR count). The van der Waals surface area contributed by atoms with Crippen LogP contribution in [0.4, 0.5) is 46.3 Å². The minimum atomic E-state index is -4.92. The highest BCUT2D eigenvalue weighted by Crippen LogP contribution is 2.39. The predicted molar refractivity (Wildman–Crippen MR) is 281 cm³/mol. The van der Waals surface area contributed by atoms with Gasteiger partial charge in [0, 0.05) is 42.3 Å². The van der Waals surface area contributed by atoms with Crippen molar-refractivity contribution in [3.63, 3.8) is 0 Å². The van der Waals surface area contributed by atoms with Crippen molar-refractivity contribution in [2.75, 3.05) is 23.4 Å². The number of rotatable bonds is 19. The fraction of sp³-hybridized carbons (Fsp3) is 0.119. The molecule has 2 aromatic heterocycles. The van der Waals surface area contributed by atoms with Crippen LogP contribution in [0.5, 0.6) is 23.0 Å². The van der Waals surface area contributed by atoms with E-state index < -0.39 is 41.4 Å². The lowest BCUT2D eigenvalue weighted by Gasteiger charge is -2.27. The zero-order valence-electron chi connectivity index (χ0n) is 41.3. The molecule has 0 atom stereocenters. The summed E-state index contributed by atoms with van der Waals surface area (Å²) in [4.78, 5) is 71.2. The van der Waals surface area contributed by atoms with Gasteiger partial charge in [0.1, 0.15) is 40.2 Å². The summed E-state index contributed by atoms with van der Waals surface area (Å²) in [5, 5.41) is 4.49. The van der Waals surface area contributed by atoms with E-state index in [-0.39, 0.29) is 60.9 Å². The number of alkyl halides is 3. The summed E-state index contributed by atoms with van der Waals surface area (Å²) in [6, 6.07) is 39.6. The van der Waals surface area contributed by atoms with Crippen LogP contribution in [-0.2, 0) is 20.7 Å². The summed E-state index contributed by atoms with van der Waals surface area (Å²) in [5.41, 5.74) is 3.17. The molecule has 2 heterocycles. The van der Waals surface area contributed by atoms with Crippen molar-refractivity contribution in [1.82, 2.24) is 19.9 Å². The lowest BCUT2D eigenvalue weighted by molar-refractivity contribution is -0.150. The van der Waals surface area contributed by atoms with Gasteiger partial charge < -0.3 is 29.0 Å². The van der Waals surface area contributed by atoms with Crippen molar-refractivity contribution in [2.24, 2.45) is 0 Å². The smallest absolute Gasteiger partial charge is 0.422 e. The van der Waals surface area contributed by atoms with Crippen LogP contribution >= 0.6 is 0 Å². The van der Waals surface area contributed by atoms with Gasteiger partial charge in [0.2, 0.25) is 0 Å². The van der Waals surface area contributed by atoms with E-state index in [9.17, 15) is 32.3 Å². The van der Waals surface area contributed by atoms with Crippen molar-refractivity contribution in [2.45, 2.75) is 32.4 Å². The molecule has 0 aliphatic heterocycles. The highest BCUT2D eigenvalue weighted by atomic mass is 19.4. The summed E-state index contributed by atoms with van der Waals surface area (Å²) in [6.07, 6.45) is 1.56. The summed E-state index contributed by atoms with van der Waals surface area (Å²) in [5.74, 6) is -3.23. The van der Waals surface area contributed by atoms with Crippen molar-refractivity contribution >= 4 is 74.4 Å². The maximum Gasteiger partial charge on any atom is 0.422 e. The molecule has 0 fully saturated rings. The number of ether oxygens (including phenoxy) is 5. The summed E-state index contributed by atoms with van der Waals surface area (Å²) in [7, 11) is 0. The van der Waals surface area contributed by atoms with Crippen LogP contribution in [-0.4, -0.2) is 63.2 Å². The van der Waals surface area contributed by atoms with E-state index in [1.165, 1.54) is 18.2 Å². The van der Waals surface area contributed by atoms with E-state index in [4.69, 9.17) is 28.7 Å². The third-order valence-electron chi connectivity index (χ3n) is 11.8. The van der Waals surface area contributed by atoms with Gasteiger partial charge in [-0.15, -0.1) is 0 Å². The van der Waals surface area contributed by atoms with Crippen LogP contribution in [0.15, 0.2) is 183 Å². The van der Waals surface area contributed by atoms with E-state index in [0.717, 1.165) is 17.1 Å². The molecule has 0 amide bonds. The number of aryl methyl sites for hydroxylation is 2. The highest BCUT2D eigenvalue weighted by Gasteiger charge is 2.38. The number of esters is 4. The average Bonchev–Trinajstić information content (AvgIpc) is 3.52. The topological polar surface area (TPSA) is 181 Å². The van der Waals surface area contributed by atoms with Crippen LogP contribution in [0.2, 0.25) is 0 Å². The molecule has 392 valence electrons. The quantitative estimate of drug-likeness (QED) is 0.0265. The number of nitrogens with zero attached hydrogens (tertiary/aromatic N) is 5. The van der Waals surface area contributed by atoms with Gasteiger partial charge in [-0.2, -0.15) is 13.2 Å². The van der Waals surface area contributed by atoms with Crippen molar-refractivity contribution in [3.8, 4) is 23.0 Å². The number of benzene rings is 7. The van der Waals surface area contributed by atoms with Gasteiger partial charge in [0.05, 0.1) is 59.9 Å². The first-order valence-corrected chi connectivity index (χ1v) is 24.0. The van der Waals surface area contributed by atoms with Gasteiger partial charge in [-0.05, 0) is 115 Å². The fourth-order valence-electron chi connectivity index (χ4n) is 7.82. The molecule has 0 bridgehead atoms. The molecule has 1 N–H and O–H groups in total. The zero-order valence-corrected chi connectivity index (χ0v) is 41.3. The lowest BCUT2D eigenvalue weighted by Crippen LogP contribution is -2.21. The second kappa shape index (κ2) is 23.7. The van der Waals surface area contributed by atoms with E-state index in [2.05, 4.69) is 26.8 Å². The number of nitrogens with one attached hydrogen (secondary N) is 1. The molecule has 0 aliphatic rings. The minimum Gasteiger partial charge on any atom is -0.493 e. The highest BCUT2D eigenvalue weighted by molar-refractivity contribution is 5.97. The van der Waals surface area contributed by atoms with E-state index in [0.29, 0.717) is 56.3 Å². The molecule has 0 unspecified atom stereocenters. The standard InChI is InChI=1S/C59H44F4N6O9/c1-36-9-17-44(18-10-36)77-58(73)48-22-21-47(32-49(48)60)78-57(72)41-12-11-40-30-46(20-14-39(40)29-41)76-55(70)24-15-38-13-19-45(74-27-6-28-75-56(71)37(2)59(61,62)63)33-52(38)69(43-7-4-3-5-8-43)54-35-66-53(34-67-54)68-42-16-23-50-51(31-42)65-26-25-64-50/h3-5,7-14,16-23,25-26,29-35H,2,6,15,24,27-28H2,1H3,(H,66,68). The Labute approximate surface area is 442 Å². The Balaban J connectivity index is 0.888. The van der Waals surface area contributed by atoms with Gasteiger partial charge >= 0.3 is 30.1 Å². The number of carbonyl (C=O) groups is 4. The second-order valence-corrected chi connectivity index (χ2v) is 17.4. The maximum atomic E-state index is 15.0. The Morgan fingerprint density at radius 2 is 1.36 bits per heavy atom. The summed E-state index contributed by atoms with van der Waals surface area (Å²) >= 11 is 0. The molecule has 15 nitrogen and oxygen atoms in total. The largest absolute Gasteiger partial charge is 0.493 e. The molecular formula is C59H44F4N6O9. The average molecular weight is 1060 g/mol. The second-order valence-electron chi connectivity index (χ2n) is 17.4. The molecule has 0 aliphatic carbocycles. The molecule has 0 spiro atoms. The number of anilines is 5. The number of halogens is 4. The van der Waals surface area contributed by atoms with Crippen LogP contribution in [0.1, 0.15) is 44.7 Å². The summed E-state index contributed by atoms with van der Waals surface area (Å²) < 4.78 is 81.1. The minimum absolute atomic E-state index is 0.0356. The Morgan fingerprint density at radius 1 is 0.654 bits per heavy atom. The lowest BCUT2D eigenvalue weighted by atomic mass is 10.0.